The Kier molecular flexibility index (Phi) is 4.54. The van der Waals surface area contributed by atoms with E-state index in [1.165, 1.54) is 0 Å². The summed E-state index contributed by atoms with van der Waals surface area (Å²) in [5.74, 6) is 0.774. The summed E-state index contributed by atoms with van der Waals surface area (Å²) in [5, 5.41) is 0. The van der Waals surface area contributed by atoms with Gasteiger partial charge >= 0.3 is 0 Å². The van der Waals surface area contributed by atoms with Crippen LogP contribution in [0.15, 0.2) is 22.9 Å². The summed E-state index contributed by atoms with van der Waals surface area (Å²) < 4.78 is 11.8. The summed E-state index contributed by atoms with van der Waals surface area (Å²) in [6.07, 6.45) is 4.27. The molecule has 0 spiro atoms. The Labute approximate surface area is 98.9 Å². The van der Waals surface area contributed by atoms with Gasteiger partial charge in [-0.15, -0.1) is 0 Å². The number of hydrogen-bond acceptors (Lipinski definition) is 3. The quantitative estimate of drug-likeness (QED) is 0.827. The van der Waals surface area contributed by atoms with Crippen LogP contribution in [0.5, 0.6) is 5.75 Å². The van der Waals surface area contributed by atoms with Crippen molar-refractivity contribution in [1.29, 1.82) is 0 Å². The number of ether oxygens (including phenoxy) is 2. The molecule has 0 saturated carbocycles. The van der Waals surface area contributed by atoms with Gasteiger partial charge in [-0.3, -0.25) is 4.98 Å². The van der Waals surface area contributed by atoms with Gasteiger partial charge in [-0.1, -0.05) is 0 Å². The highest BCUT2D eigenvalue weighted by molar-refractivity contribution is 9.10. The van der Waals surface area contributed by atoms with Crippen LogP contribution in [0.4, 0.5) is 0 Å². The Bertz CT molecular complexity index is 315. The zero-order chi connectivity index (χ0) is 11.3. The number of halogens is 1. The van der Waals surface area contributed by atoms with E-state index >= 15 is 0 Å². The van der Waals surface area contributed by atoms with Crippen LogP contribution in [0.3, 0.4) is 0 Å². The Morgan fingerprint density at radius 1 is 1.40 bits per heavy atom. The van der Waals surface area contributed by atoms with Gasteiger partial charge in [0.25, 0.3) is 0 Å². The summed E-state index contributed by atoms with van der Waals surface area (Å²) >= 11 is 3.34. The van der Waals surface area contributed by atoms with Gasteiger partial charge in [0.05, 0.1) is 18.4 Å². The van der Waals surface area contributed by atoms with Gasteiger partial charge in [0.2, 0.25) is 0 Å². The van der Waals surface area contributed by atoms with Crippen LogP contribution in [0, 0.1) is 0 Å². The molecule has 1 rings (SSSR count). The van der Waals surface area contributed by atoms with Crippen molar-refractivity contribution in [3.8, 4) is 5.75 Å². The molecule has 0 aliphatic rings. The summed E-state index contributed by atoms with van der Waals surface area (Å²) in [6, 6.07) is 1.90. The Morgan fingerprint density at radius 2 is 2.13 bits per heavy atom. The van der Waals surface area contributed by atoms with Crippen molar-refractivity contribution in [1.82, 2.24) is 4.98 Å². The molecule has 0 saturated heterocycles. The van der Waals surface area contributed by atoms with Crippen molar-refractivity contribution in [3.63, 3.8) is 0 Å². The smallest absolute Gasteiger partial charge is 0.138 e. The minimum Gasteiger partial charge on any atom is -0.492 e. The lowest BCUT2D eigenvalue weighted by molar-refractivity contribution is 0.00542. The second kappa shape index (κ2) is 5.47. The summed E-state index contributed by atoms with van der Waals surface area (Å²) in [7, 11) is 1.71. The van der Waals surface area contributed by atoms with Crippen molar-refractivity contribution >= 4 is 15.9 Å². The molecular formula is C11H16BrNO2. The van der Waals surface area contributed by atoms with E-state index in [4.69, 9.17) is 9.47 Å². The second-order valence-electron chi connectivity index (χ2n) is 3.90. The number of aromatic nitrogens is 1. The van der Waals surface area contributed by atoms with Crippen molar-refractivity contribution < 1.29 is 9.47 Å². The number of methoxy groups -OCH3 is 1. The van der Waals surface area contributed by atoms with Crippen LogP contribution in [0.2, 0.25) is 0 Å². The summed E-state index contributed by atoms with van der Waals surface area (Å²) in [4.78, 5) is 4.02. The van der Waals surface area contributed by atoms with E-state index < -0.39 is 0 Å². The zero-order valence-electron chi connectivity index (χ0n) is 9.29. The van der Waals surface area contributed by atoms with Gasteiger partial charge in [-0.2, -0.15) is 0 Å². The average molecular weight is 274 g/mol. The first-order valence-electron chi connectivity index (χ1n) is 4.82. The molecule has 0 bridgehead atoms. The monoisotopic (exact) mass is 273 g/mol. The lowest BCUT2D eigenvalue weighted by atomic mass is 10.1. The van der Waals surface area contributed by atoms with E-state index in [-0.39, 0.29) is 5.60 Å². The topological polar surface area (TPSA) is 31.4 Å². The third-order valence-corrected chi connectivity index (χ3v) is 2.64. The highest BCUT2D eigenvalue weighted by Crippen LogP contribution is 2.18. The van der Waals surface area contributed by atoms with E-state index in [0.29, 0.717) is 6.61 Å². The second-order valence-corrected chi connectivity index (χ2v) is 4.82. The minimum absolute atomic E-state index is 0.139. The molecule has 0 aliphatic heterocycles. The van der Waals surface area contributed by atoms with Gasteiger partial charge in [-0.05, 0) is 35.8 Å². The van der Waals surface area contributed by atoms with Crippen LogP contribution >= 0.6 is 15.9 Å². The molecule has 0 N–H and O–H groups in total. The summed E-state index contributed by atoms with van der Waals surface area (Å²) in [6.45, 7) is 4.70. The predicted molar refractivity (Wildman–Crippen MR) is 63.1 cm³/mol. The number of nitrogens with zero attached hydrogens (tertiary/aromatic N) is 1. The van der Waals surface area contributed by atoms with E-state index in [2.05, 4.69) is 20.9 Å². The molecule has 15 heavy (non-hydrogen) atoms. The maximum Gasteiger partial charge on any atom is 0.138 e. The van der Waals surface area contributed by atoms with Crippen molar-refractivity contribution in [2.24, 2.45) is 0 Å². The van der Waals surface area contributed by atoms with E-state index in [9.17, 15) is 0 Å². The Balaban J connectivity index is 2.38. The molecular weight excluding hydrogens is 258 g/mol. The molecule has 0 radical (unpaired) electrons. The molecule has 0 aromatic carbocycles. The lowest BCUT2D eigenvalue weighted by Gasteiger charge is -2.22. The van der Waals surface area contributed by atoms with E-state index in [0.717, 1.165) is 16.6 Å². The average Bonchev–Trinajstić information content (AvgIpc) is 2.18. The van der Waals surface area contributed by atoms with Gasteiger partial charge in [0, 0.05) is 24.2 Å². The molecule has 0 unspecified atom stereocenters. The summed E-state index contributed by atoms with van der Waals surface area (Å²) in [5.41, 5.74) is -0.139. The normalized spacial score (nSPS) is 11.5. The highest BCUT2D eigenvalue weighted by atomic mass is 79.9. The van der Waals surface area contributed by atoms with Crippen molar-refractivity contribution in [3.05, 3.63) is 22.9 Å². The van der Waals surface area contributed by atoms with Crippen LogP contribution in [0.1, 0.15) is 20.3 Å². The maximum atomic E-state index is 5.55. The zero-order valence-corrected chi connectivity index (χ0v) is 10.9. The van der Waals surface area contributed by atoms with Gasteiger partial charge in [0.1, 0.15) is 5.75 Å². The van der Waals surface area contributed by atoms with Crippen LogP contribution in [0.25, 0.3) is 0 Å². The van der Waals surface area contributed by atoms with Crippen LogP contribution in [-0.4, -0.2) is 24.3 Å². The molecule has 4 heteroatoms. The SMILES string of the molecule is COC(C)(C)CCOc1cncc(Br)c1. The first-order valence-corrected chi connectivity index (χ1v) is 5.61. The largest absolute Gasteiger partial charge is 0.492 e. The molecule has 0 fully saturated rings. The fraction of sp³-hybridized carbons (Fsp3) is 0.545. The molecule has 1 aromatic heterocycles. The third kappa shape index (κ3) is 4.62. The van der Waals surface area contributed by atoms with Gasteiger partial charge in [-0.25, -0.2) is 0 Å². The number of pyridine rings is 1. The molecule has 84 valence electrons. The molecule has 0 atom stereocenters. The molecule has 1 aromatic rings. The van der Waals surface area contributed by atoms with Crippen LogP contribution < -0.4 is 4.74 Å². The maximum absolute atomic E-state index is 5.55. The van der Waals surface area contributed by atoms with Crippen molar-refractivity contribution in [2.45, 2.75) is 25.9 Å². The fourth-order valence-corrected chi connectivity index (χ4v) is 1.33. The highest BCUT2D eigenvalue weighted by Gasteiger charge is 2.15. The van der Waals surface area contributed by atoms with E-state index in [1.54, 1.807) is 19.5 Å². The van der Waals surface area contributed by atoms with Crippen LogP contribution in [-0.2, 0) is 4.74 Å². The van der Waals surface area contributed by atoms with Crippen molar-refractivity contribution in [2.75, 3.05) is 13.7 Å². The molecule has 3 nitrogen and oxygen atoms in total. The third-order valence-electron chi connectivity index (χ3n) is 2.21. The molecule has 1 heterocycles. The first-order chi connectivity index (χ1) is 7.03. The van der Waals surface area contributed by atoms with Gasteiger partial charge < -0.3 is 9.47 Å². The standard InChI is InChI=1S/C11H16BrNO2/c1-11(2,14-3)4-5-15-10-6-9(12)7-13-8-10/h6-8H,4-5H2,1-3H3. The minimum atomic E-state index is -0.139. The fourth-order valence-electron chi connectivity index (χ4n) is 0.988. The predicted octanol–water partition coefficient (Wildman–Crippen LogP) is 3.04. The Hall–Kier alpha value is -0.610. The molecule has 0 amide bonds. The first kappa shape index (κ1) is 12.5. The van der Waals surface area contributed by atoms with E-state index in [1.807, 2.05) is 19.9 Å². The lowest BCUT2D eigenvalue weighted by Crippen LogP contribution is -2.25. The van der Waals surface area contributed by atoms with Gasteiger partial charge in [0.15, 0.2) is 0 Å². The molecule has 0 aliphatic carbocycles. The Morgan fingerprint density at radius 3 is 2.73 bits per heavy atom. The number of rotatable bonds is 5. The number of hydrogen-bond donors (Lipinski definition) is 0.